The summed E-state index contributed by atoms with van der Waals surface area (Å²) in [6, 6.07) is 11.3. The van der Waals surface area contributed by atoms with Gasteiger partial charge in [-0.05, 0) is 54.9 Å². The van der Waals surface area contributed by atoms with Crippen molar-refractivity contribution in [3.63, 3.8) is 0 Å². The van der Waals surface area contributed by atoms with Crippen molar-refractivity contribution >= 4 is 22.8 Å². The van der Waals surface area contributed by atoms with E-state index in [-0.39, 0.29) is 23.4 Å². The van der Waals surface area contributed by atoms with Gasteiger partial charge in [-0.1, -0.05) is 18.2 Å². The summed E-state index contributed by atoms with van der Waals surface area (Å²) < 4.78 is 29.9. The lowest BCUT2D eigenvalue weighted by molar-refractivity contribution is -0.173. The van der Waals surface area contributed by atoms with E-state index in [2.05, 4.69) is 17.0 Å². The molecule has 3 aliphatic rings. The molecular formula is C32H38N2O9. The standard InChI is InChI=1S/C32H38N2O9/c1-38-24-12-17(13-25(39-2)29(24)40-3)32(37)43-26-14-18-16-33-11-10-20-19-8-6-7-9-22(19)34(42-5)28(20)23(33)15-21(18)27(31(35)36)30(26)41-4/h6-9,12-13,18,21,23,26-27,30H,10-11,14-16H2,1-5H3,(H,35,36)/t18-,21+,23-,26-,27+,30+/m1/s1. The van der Waals surface area contributed by atoms with Crippen molar-refractivity contribution in [2.75, 3.05) is 48.6 Å². The van der Waals surface area contributed by atoms with Gasteiger partial charge in [0.2, 0.25) is 5.75 Å². The van der Waals surface area contributed by atoms with E-state index in [1.165, 1.54) is 51.5 Å². The number of nitrogens with zero attached hydrogens (tertiary/aromatic N) is 2. The van der Waals surface area contributed by atoms with Gasteiger partial charge in [-0.15, -0.1) is 0 Å². The molecule has 1 aromatic heterocycles. The van der Waals surface area contributed by atoms with Crippen LogP contribution in [-0.2, 0) is 20.7 Å². The Morgan fingerprint density at radius 1 is 0.953 bits per heavy atom. The summed E-state index contributed by atoms with van der Waals surface area (Å²) in [4.78, 5) is 34.7. The van der Waals surface area contributed by atoms with Gasteiger partial charge in [-0.3, -0.25) is 9.69 Å². The SMILES string of the molecule is COc1cc(C(=O)O[C@@H]2C[C@@H]3CN4CCc5c(n(OC)c6ccccc56)[C@H]4C[C@@H]3[C@H](C(=O)O)[C@H]2OC)cc(OC)c1OC. The molecule has 1 aliphatic carbocycles. The van der Waals surface area contributed by atoms with Crippen LogP contribution in [0.25, 0.3) is 10.9 Å². The molecule has 0 spiro atoms. The smallest absolute Gasteiger partial charge is 0.338 e. The number of esters is 1. The highest BCUT2D eigenvalue weighted by Crippen LogP contribution is 2.51. The van der Waals surface area contributed by atoms with Gasteiger partial charge in [0.05, 0.1) is 50.1 Å². The third-order valence-electron chi connectivity index (χ3n) is 9.57. The van der Waals surface area contributed by atoms with Gasteiger partial charge in [-0.2, -0.15) is 4.73 Å². The number of hydrogen-bond acceptors (Lipinski definition) is 9. The van der Waals surface area contributed by atoms with Crippen molar-refractivity contribution in [3.05, 3.63) is 53.2 Å². The van der Waals surface area contributed by atoms with Gasteiger partial charge in [0.1, 0.15) is 19.3 Å². The molecule has 6 atom stereocenters. The van der Waals surface area contributed by atoms with Crippen LogP contribution in [0.4, 0.5) is 0 Å². The van der Waals surface area contributed by atoms with E-state index in [1.807, 2.05) is 16.9 Å². The minimum atomic E-state index is -0.952. The maximum atomic E-state index is 13.5. The Morgan fingerprint density at radius 3 is 2.30 bits per heavy atom. The van der Waals surface area contributed by atoms with E-state index in [0.717, 1.165) is 24.2 Å². The van der Waals surface area contributed by atoms with Crippen LogP contribution in [0.2, 0.25) is 0 Å². The monoisotopic (exact) mass is 594 g/mol. The molecule has 0 radical (unpaired) electrons. The second-order valence-electron chi connectivity index (χ2n) is 11.4. The Balaban J connectivity index is 1.30. The Hall–Kier alpha value is -3.96. The van der Waals surface area contributed by atoms with Gasteiger partial charge in [0.25, 0.3) is 0 Å². The van der Waals surface area contributed by atoms with Crippen molar-refractivity contribution in [2.24, 2.45) is 17.8 Å². The number of ether oxygens (including phenoxy) is 5. The molecular weight excluding hydrogens is 556 g/mol. The third-order valence-corrected chi connectivity index (χ3v) is 9.57. The molecule has 3 aromatic rings. The van der Waals surface area contributed by atoms with Crippen LogP contribution in [0.5, 0.6) is 17.2 Å². The lowest BCUT2D eigenvalue weighted by Gasteiger charge is -2.52. The van der Waals surface area contributed by atoms with Gasteiger partial charge < -0.3 is 33.6 Å². The number of piperidine rings is 1. The van der Waals surface area contributed by atoms with E-state index in [1.54, 1.807) is 7.11 Å². The van der Waals surface area contributed by atoms with Crippen molar-refractivity contribution in [2.45, 2.75) is 37.5 Å². The van der Waals surface area contributed by atoms with Crippen LogP contribution >= 0.6 is 0 Å². The summed E-state index contributed by atoms with van der Waals surface area (Å²) in [5.41, 5.74) is 3.59. The molecule has 0 bridgehead atoms. The molecule has 2 aromatic carbocycles. The molecule has 11 heteroatoms. The van der Waals surface area contributed by atoms with E-state index in [0.29, 0.717) is 36.6 Å². The van der Waals surface area contributed by atoms with Crippen LogP contribution in [0.15, 0.2) is 36.4 Å². The minimum absolute atomic E-state index is 0.00316. The number of methoxy groups -OCH3 is 4. The number of benzene rings is 2. The summed E-state index contributed by atoms with van der Waals surface area (Å²) in [5, 5.41) is 11.7. The second-order valence-corrected chi connectivity index (χ2v) is 11.4. The molecule has 0 amide bonds. The van der Waals surface area contributed by atoms with Gasteiger partial charge >= 0.3 is 11.9 Å². The first-order chi connectivity index (χ1) is 20.8. The van der Waals surface area contributed by atoms with E-state index in [9.17, 15) is 14.7 Å². The van der Waals surface area contributed by atoms with Crippen LogP contribution in [0, 0.1) is 17.8 Å². The first kappa shape index (κ1) is 29.1. The predicted molar refractivity (Wildman–Crippen MR) is 156 cm³/mol. The number of carbonyl (C=O) groups is 2. The number of hydrogen-bond donors (Lipinski definition) is 1. The Labute approximate surface area is 250 Å². The Morgan fingerprint density at radius 2 is 1.67 bits per heavy atom. The van der Waals surface area contributed by atoms with E-state index in [4.69, 9.17) is 28.5 Å². The molecule has 2 aliphatic heterocycles. The molecule has 0 unspecified atom stereocenters. The molecule has 11 nitrogen and oxygen atoms in total. The first-order valence-electron chi connectivity index (χ1n) is 14.5. The highest BCUT2D eigenvalue weighted by molar-refractivity contribution is 5.91. The Kier molecular flexibility index (Phi) is 7.87. The van der Waals surface area contributed by atoms with Crippen LogP contribution in [-0.4, -0.2) is 87.5 Å². The highest BCUT2D eigenvalue weighted by atomic mass is 16.6. The average Bonchev–Trinajstić information content (AvgIpc) is 3.36. The highest BCUT2D eigenvalue weighted by Gasteiger charge is 2.54. The van der Waals surface area contributed by atoms with Crippen molar-refractivity contribution in [1.29, 1.82) is 0 Å². The topological polar surface area (TPSA) is 118 Å². The molecule has 2 fully saturated rings. The van der Waals surface area contributed by atoms with Gasteiger partial charge in [0.15, 0.2) is 11.5 Å². The Bertz CT molecular complexity index is 1480. The van der Waals surface area contributed by atoms with Crippen molar-refractivity contribution in [1.82, 2.24) is 9.63 Å². The molecule has 3 heterocycles. The number of para-hydroxylation sites is 1. The molecule has 1 saturated heterocycles. The number of carbonyl (C=O) groups excluding carboxylic acids is 1. The number of aromatic nitrogens is 1. The second kappa shape index (κ2) is 11.6. The van der Waals surface area contributed by atoms with Gasteiger partial charge in [-0.25, -0.2) is 4.79 Å². The molecule has 1 saturated carbocycles. The predicted octanol–water partition coefficient (Wildman–Crippen LogP) is 3.61. The average molecular weight is 595 g/mol. The maximum absolute atomic E-state index is 13.5. The molecule has 1 N–H and O–H groups in total. The fourth-order valence-corrected chi connectivity index (χ4v) is 7.78. The molecule has 230 valence electrons. The normalized spacial score (nSPS) is 26.5. The zero-order chi connectivity index (χ0) is 30.4. The fraction of sp³-hybridized carbons (Fsp3) is 0.500. The third kappa shape index (κ3) is 4.75. The van der Waals surface area contributed by atoms with Crippen molar-refractivity contribution < 1.29 is 43.2 Å². The summed E-state index contributed by atoms with van der Waals surface area (Å²) in [6.07, 6.45) is 0.450. The lowest BCUT2D eigenvalue weighted by atomic mass is 9.64. The zero-order valence-corrected chi connectivity index (χ0v) is 25.1. The van der Waals surface area contributed by atoms with Crippen LogP contribution in [0.3, 0.4) is 0 Å². The fourth-order valence-electron chi connectivity index (χ4n) is 7.78. The number of carboxylic acids is 1. The largest absolute Gasteiger partial charge is 0.493 e. The molecule has 43 heavy (non-hydrogen) atoms. The van der Waals surface area contributed by atoms with Crippen LogP contribution < -0.4 is 19.0 Å². The summed E-state index contributed by atoms with van der Waals surface area (Å²) >= 11 is 0. The number of fused-ring (bicyclic) bond motifs is 6. The minimum Gasteiger partial charge on any atom is -0.493 e. The van der Waals surface area contributed by atoms with Crippen molar-refractivity contribution in [3.8, 4) is 17.2 Å². The van der Waals surface area contributed by atoms with E-state index < -0.39 is 30.1 Å². The number of rotatable bonds is 8. The zero-order valence-electron chi connectivity index (χ0n) is 25.1. The summed E-state index contributed by atoms with van der Waals surface area (Å²) in [6.45, 7) is 1.55. The molecule has 6 rings (SSSR count). The van der Waals surface area contributed by atoms with E-state index >= 15 is 0 Å². The van der Waals surface area contributed by atoms with Crippen LogP contribution in [0.1, 0.15) is 40.5 Å². The summed E-state index contributed by atoms with van der Waals surface area (Å²) in [7, 11) is 7.58. The van der Waals surface area contributed by atoms with Gasteiger partial charge in [0, 0.05) is 25.6 Å². The lowest BCUT2D eigenvalue weighted by Crippen LogP contribution is -2.58. The number of aliphatic carboxylic acids is 1. The maximum Gasteiger partial charge on any atom is 0.338 e. The first-order valence-corrected chi connectivity index (χ1v) is 14.5. The number of carboxylic acid groups (broad SMARTS) is 1. The summed E-state index contributed by atoms with van der Waals surface area (Å²) in [5.74, 6) is -1.59. The quantitative estimate of drug-likeness (QED) is 0.388.